The van der Waals surface area contributed by atoms with E-state index in [1.165, 1.54) is 11.3 Å². The number of nitrogens with one attached hydrogen (secondary N) is 1. The lowest BCUT2D eigenvalue weighted by atomic mass is 9.98. The van der Waals surface area contributed by atoms with Crippen LogP contribution in [0.15, 0.2) is 24.3 Å². The van der Waals surface area contributed by atoms with Crippen molar-refractivity contribution in [2.75, 3.05) is 5.32 Å². The molecule has 1 aliphatic heterocycles. The molecule has 0 spiro atoms. The third kappa shape index (κ3) is 0.985. The Balaban J connectivity index is 2.02. The fourth-order valence-electron chi connectivity index (χ4n) is 2.67. The van der Waals surface area contributed by atoms with E-state index in [-0.39, 0.29) is 6.10 Å². The zero-order chi connectivity index (χ0) is 8.84. The lowest BCUT2D eigenvalue weighted by Crippen LogP contribution is -2.14. The molecular formula is C11H13NO. The highest BCUT2D eigenvalue weighted by Gasteiger charge is 2.39. The van der Waals surface area contributed by atoms with Gasteiger partial charge in [0.15, 0.2) is 0 Å². The van der Waals surface area contributed by atoms with E-state index >= 15 is 0 Å². The van der Waals surface area contributed by atoms with Crippen LogP contribution >= 0.6 is 0 Å². The van der Waals surface area contributed by atoms with Gasteiger partial charge in [-0.3, -0.25) is 0 Å². The van der Waals surface area contributed by atoms with Crippen LogP contribution in [0.4, 0.5) is 5.69 Å². The molecule has 3 rings (SSSR count). The number of anilines is 1. The maximum absolute atomic E-state index is 9.52. The van der Waals surface area contributed by atoms with Gasteiger partial charge in [0.2, 0.25) is 0 Å². The van der Waals surface area contributed by atoms with Gasteiger partial charge in [-0.05, 0) is 24.5 Å². The second-order valence-electron chi connectivity index (χ2n) is 4.07. The molecule has 2 aliphatic rings. The second-order valence-corrected chi connectivity index (χ2v) is 4.07. The van der Waals surface area contributed by atoms with Crippen molar-refractivity contribution in [1.29, 1.82) is 0 Å². The fraction of sp³-hybridized carbons (Fsp3) is 0.455. The molecule has 1 fully saturated rings. The third-order valence-electron chi connectivity index (χ3n) is 3.24. The van der Waals surface area contributed by atoms with Crippen LogP contribution in [0.1, 0.15) is 24.3 Å². The predicted molar refractivity (Wildman–Crippen MR) is 51.8 cm³/mol. The van der Waals surface area contributed by atoms with Crippen molar-refractivity contribution in [3.8, 4) is 0 Å². The summed E-state index contributed by atoms with van der Waals surface area (Å²) in [5, 5.41) is 13.0. The smallest absolute Gasteiger partial charge is 0.0566 e. The standard InChI is InChI=1S/C11H13NO/c13-7-5-9-8-3-1-2-4-10(8)12-11(9)6-7/h1-4,7,9,11-13H,5-6H2. The van der Waals surface area contributed by atoms with E-state index in [9.17, 15) is 5.11 Å². The van der Waals surface area contributed by atoms with Crippen molar-refractivity contribution >= 4 is 5.69 Å². The molecule has 3 atom stereocenters. The minimum absolute atomic E-state index is 0.101. The molecule has 0 bridgehead atoms. The van der Waals surface area contributed by atoms with Crippen LogP contribution in [0.5, 0.6) is 0 Å². The van der Waals surface area contributed by atoms with Crippen LogP contribution < -0.4 is 5.32 Å². The van der Waals surface area contributed by atoms with Gasteiger partial charge in [0.1, 0.15) is 0 Å². The molecular weight excluding hydrogens is 162 g/mol. The number of rotatable bonds is 0. The van der Waals surface area contributed by atoms with Crippen molar-refractivity contribution in [1.82, 2.24) is 0 Å². The fourth-order valence-corrected chi connectivity index (χ4v) is 2.67. The summed E-state index contributed by atoms with van der Waals surface area (Å²) in [6.45, 7) is 0. The monoisotopic (exact) mass is 175 g/mol. The summed E-state index contributed by atoms with van der Waals surface area (Å²) >= 11 is 0. The SMILES string of the molecule is OC1CC2Nc3ccccc3C2C1. The van der Waals surface area contributed by atoms with Crippen LogP contribution in [0.2, 0.25) is 0 Å². The molecule has 1 aromatic carbocycles. The summed E-state index contributed by atoms with van der Waals surface area (Å²) in [5.74, 6) is 0.547. The third-order valence-corrected chi connectivity index (χ3v) is 3.24. The molecule has 68 valence electrons. The zero-order valence-electron chi connectivity index (χ0n) is 7.40. The van der Waals surface area contributed by atoms with Crippen LogP contribution in [0.3, 0.4) is 0 Å². The Morgan fingerprint density at radius 3 is 3.00 bits per heavy atom. The molecule has 2 N–H and O–H groups in total. The average molecular weight is 175 g/mol. The van der Waals surface area contributed by atoms with Crippen LogP contribution in [0.25, 0.3) is 0 Å². The van der Waals surface area contributed by atoms with Gasteiger partial charge >= 0.3 is 0 Å². The number of fused-ring (bicyclic) bond motifs is 3. The molecule has 3 unspecified atom stereocenters. The summed E-state index contributed by atoms with van der Waals surface area (Å²) in [4.78, 5) is 0. The number of aliphatic hydroxyl groups excluding tert-OH is 1. The summed E-state index contributed by atoms with van der Waals surface area (Å²) in [6.07, 6.45) is 1.73. The van der Waals surface area contributed by atoms with E-state index in [0.29, 0.717) is 12.0 Å². The van der Waals surface area contributed by atoms with Crippen LogP contribution in [-0.4, -0.2) is 17.3 Å². The predicted octanol–water partition coefficient (Wildman–Crippen LogP) is 1.72. The van der Waals surface area contributed by atoms with Crippen LogP contribution in [0, 0.1) is 0 Å². The normalized spacial score (nSPS) is 35.3. The molecule has 2 heteroatoms. The maximum atomic E-state index is 9.52. The Labute approximate surface area is 77.6 Å². The van der Waals surface area contributed by atoms with Crippen molar-refractivity contribution in [3.05, 3.63) is 29.8 Å². The van der Waals surface area contributed by atoms with E-state index in [0.717, 1.165) is 12.8 Å². The minimum atomic E-state index is -0.101. The Morgan fingerprint density at radius 1 is 1.23 bits per heavy atom. The van der Waals surface area contributed by atoms with E-state index in [1.807, 2.05) is 0 Å². The van der Waals surface area contributed by atoms with Crippen molar-refractivity contribution in [3.63, 3.8) is 0 Å². The molecule has 1 heterocycles. The minimum Gasteiger partial charge on any atom is -0.393 e. The van der Waals surface area contributed by atoms with Gasteiger partial charge < -0.3 is 10.4 Å². The molecule has 1 aliphatic carbocycles. The first-order valence-electron chi connectivity index (χ1n) is 4.88. The molecule has 0 radical (unpaired) electrons. The number of para-hydroxylation sites is 1. The van der Waals surface area contributed by atoms with Gasteiger partial charge in [-0.15, -0.1) is 0 Å². The molecule has 0 aromatic heterocycles. The Bertz CT molecular complexity index is 337. The lowest BCUT2D eigenvalue weighted by molar-refractivity contribution is 0.180. The average Bonchev–Trinajstić information content (AvgIpc) is 2.60. The van der Waals surface area contributed by atoms with Crippen LogP contribution in [-0.2, 0) is 0 Å². The number of hydrogen-bond donors (Lipinski definition) is 2. The number of hydrogen-bond acceptors (Lipinski definition) is 2. The molecule has 0 saturated heterocycles. The van der Waals surface area contributed by atoms with Gasteiger partial charge in [0, 0.05) is 17.6 Å². The largest absolute Gasteiger partial charge is 0.393 e. The highest BCUT2D eigenvalue weighted by atomic mass is 16.3. The van der Waals surface area contributed by atoms with Gasteiger partial charge in [-0.25, -0.2) is 0 Å². The Kier molecular flexibility index (Phi) is 1.41. The van der Waals surface area contributed by atoms with Crippen molar-refractivity contribution in [2.45, 2.75) is 30.9 Å². The molecule has 1 saturated carbocycles. The number of aliphatic hydroxyl groups is 1. The maximum Gasteiger partial charge on any atom is 0.0566 e. The topological polar surface area (TPSA) is 32.3 Å². The summed E-state index contributed by atoms with van der Waals surface area (Å²) < 4.78 is 0. The molecule has 1 aromatic rings. The molecule has 2 nitrogen and oxygen atoms in total. The van der Waals surface area contributed by atoms with E-state index in [1.54, 1.807) is 0 Å². The summed E-state index contributed by atoms with van der Waals surface area (Å²) in [5.41, 5.74) is 2.66. The van der Waals surface area contributed by atoms with Gasteiger partial charge in [0.25, 0.3) is 0 Å². The molecule has 0 amide bonds. The van der Waals surface area contributed by atoms with E-state index in [4.69, 9.17) is 0 Å². The van der Waals surface area contributed by atoms with Gasteiger partial charge in [-0.1, -0.05) is 18.2 Å². The van der Waals surface area contributed by atoms with Gasteiger partial charge in [-0.2, -0.15) is 0 Å². The number of benzene rings is 1. The zero-order valence-corrected chi connectivity index (χ0v) is 7.40. The van der Waals surface area contributed by atoms with Gasteiger partial charge in [0.05, 0.1) is 6.10 Å². The van der Waals surface area contributed by atoms with Crippen molar-refractivity contribution in [2.24, 2.45) is 0 Å². The first-order chi connectivity index (χ1) is 6.34. The lowest BCUT2D eigenvalue weighted by Gasteiger charge is -2.07. The highest BCUT2D eigenvalue weighted by molar-refractivity contribution is 5.60. The highest BCUT2D eigenvalue weighted by Crippen LogP contribution is 2.44. The summed E-state index contributed by atoms with van der Waals surface area (Å²) in [7, 11) is 0. The first-order valence-corrected chi connectivity index (χ1v) is 4.88. The Morgan fingerprint density at radius 2 is 2.08 bits per heavy atom. The first kappa shape index (κ1) is 7.39. The quantitative estimate of drug-likeness (QED) is 0.629. The molecule has 13 heavy (non-hydrogen) atoms. The second kappa shape index (κ2) is 2.48. The Hall–Kier alpha value is -1.02. The van der Waals surface area contributed by atoms with E-state index in [2.05, 4.69) is 29.6 Å². The van der Waals surface area contributed by atoms with Crippen molar-refractivity contribution < 1.29 is 5.11 Å². The van der Waals surface area contributed by atoms with E-state index < -0.39 is 0 Å². The summed E-state index contributed by atoms with van der Waals surface area (Å²) in [6, 6.07) is 8.91.